The summed E-state index contributed by atoms with van der Waals surface area (Å²) in [6, 6.07) is 7.36. The van der Waals surface area contributed by atoms with E-state index in [1.54, 1.807) is 0 Å². The molecular formula is C14H19NO3S. The molecule has 104 valence electrons. The highest BCUT2D eigenvalue weighted by atomic mass is 32.2. The van der Waals surface area contributed by atoms with Gasteiger partial charge in [0.1, 0.15) is 0 Å². The first-order valence-electron chi connectivity index (χ1n) is 6.28. The molecule has 0 aliphatic heterocycles. The van der Waals surface area contributed by atoms with Crippen LogP contribution in [0.25, 0.3) is 0 Å². The van der Waals surface area contributed by atoms with Crippen LogP contribution in [0.3, 0.4) is 0 Å². The summed E-state index contributed by atoms with van der Waals surface area (Å²) in [5.41, 5.74) is 0.752. The van der Waals surface area contributed by atoms with Crippen LogP contribution in [0.15, 0.2) is 29.2 Å². The van der Waals surface area contributed by atoms with E-state index >= 15 is 0 Å². The molecule has 0 spiro atoms. The monoisotopic (exact) mass is 281 g/mol. The lowest BCUT2D eigenvalue weighted by Gasteiger charge is -2.05. The smallest absolute Gasteiger partial charge is 0.316 e. The first kappa shape index (κ1) is 15.6. The van der Waals surface area contributed by atoms with Crippen molar-refractivity contribution in [3.63, 3.8) is 0 Å². The molecule has 0 fully saturated rings. The first-order chi connectivity index (χ1) is 9.11. The summed E-state index contributed by atoms with van der Waals surface area (Å²) in [6.45, 7) is 4.02. The molecule has 1 rings (SSSR count). The second kappa shape index (κ2) is 8.58. The zero-order valence-electron chi connectivity index (χ0n) is 11.3. The minimum absolute atomic E-state index is 0.0973. The molecule has 1 amide bonds. The third-order valence-electron chi connectivity index (χ3n) is 2.29. The van der Waals surface area contributed by atoms with Gasteiger partial charge in [-0.25, -0.2) is 0 Å². The van der Waals surface area contributed by atoms with Crippen LogP contribution in [0, 0.1) is 0 Å². The van der Waals surface area contributed by atoms with Gasteiger partial charge < -0.3 is 10.1 Å². The lowest BCUT2D eigenvalue weighted by atomic mass is 10.3. The Morgan fingerprint density at radius 2 is 1.95 bits per heavy atom. The summed E-state index contributed by atoms with van der Waals surface area (Å²) < 4.78 is 5.06. The van der Waals surface area contributed by atoms with Crippen LogP contribution in [-0.2, 0) is 14.3 Å². The lowest BCUT2D eigenvalue weighted by Crippen LogP contribution is -2.08. The minimum Gasteiger partial charge on any atom is -0.465 e. The van der Waals surface area contributed by atoms with E-state index in [-0.39, 0.29) is 11.9 Å². The number of hydrogen-bond acceptors (Lipinski definition) is 4. The van der Waals surface area contributed by atoms with Gasteiger partial charge in [0.2, 0.25) is 5.91 Å². The Labute approximate surface area is 117 Å². The van der Waals surface area contributed by atoms with Gasteiger partial charge in [0.05, 0.1) is 12.4 Å². The fourth-order valence-electron chi connectivity index (χ4n) is 1.35. The van der Waals surface area contributed by atoms with Gasteiger partial charge in [0.25, 0.3) is 0 Å². The molecule has 1 N–H and O–H groups in total. The number of anilines is 1. The summed E-state index contributed by atoms with van der Waals surface area (Å²) in [7, 11) is 0. The lowest BCUT2D eigenvalue weighted by molar-refractivity contribution is -0.140. The van der Waals surface area contributed by atoms with Gasteiger partial charge in [-0.2, -0.15) is 0 Å². The molecular weight excluding hydrogens is 262 g/mol. The van der Waals surface area contributed by atoms with Crippen molar-refractivity contribution in [1.82, 2.24) is 0 Å². The van der Waals surface area contributed by atoms with Gasteiger partial charge in [0.15, 0.2) is 0 Å². The molecule has 0 aromatic heterocycles. The van der Waals surface area contributed by atoms with Crippen LogP contribution in [0.1, 0.15) is 26.7 Å². The van der Waals surface area contributed by atoms with E-state index in [1.165, 1.54) is 18.7 Å². The summed E-state index contributed by atoms with van der Waals surface area (Å²) in [5, 5.41) is 2.69. The second-order valence-corrected chi connectivity index (χ2v) is 5.12. The number of rotatable bonds is 7. The summed E-state index contributed by atoms with van der Waals surface area (Å²) >= 11 is 1.43. The zero-order valence-corrected chi connectivity index (χ0v) is 12.1. The Bertz CT molecular complexity index is 417. The van der Waals surface area contributed by atoms with E-state index in [9.17, 15) is 9.59 Å². The van der Waals surface area contributed by atoms with Gasteiger partial charge >= 0.3 is 5.97 Å². The molecule has 0 radical (unpaired) electrons. The predicted molar refractivity (Wildman–Crippen MR) is 77.3 cm³/mol. The van der Waals surface area contributed by atoms with E-state index in [4.69, 9.17) is 4.74 Å². The Balaban J connectivity index is 2.33. The van der Waals surface area contributed by atoms with Crippen LogP contribution < -0.4 is 5.32 Å². The number of thioether (sulfide) groups is 1. The maximum atomic E-state index is 11.4. The predicted octanol–water partition coefficient (Wildman–Crippen LogP) is 3.08. The van der Waals surface area contributed by atoms with Gasteiger partial charge in [-0.1, -0.05) is 13.3 Å². The van der Waals surface area contributed by atoms with Crippen molar-refractivity contribution in [2.75, 3.05) is 17.7 Å². The topological polar surface area (TPSA) is 55.4 Å². The van der Waals surface area contributed by atoms with E-state index in [0.29, 0.717) is 12.4 Å². The Kier molecular flexibility index (Phi) is 7.03. The van der Waals surface area contributed by atoms with Crippen molar-refractivity contribution in [1.29, 1.82) is 0 Å². The zero-order chi connectivity index (χ0) is 14.1. The highest BCUT2D eigenvalue weighted by Gasteiger charge is 2.04. The van der Waals surface area contributed by atoms with Crippen LogP contribution >= 0.6 is 11.8 Å². The molecule has 4 nitrogen and oxygen atoms in total. The molecule has 0 saturated heterocycles. The number of unbranched alkanes of at least 4 members (excludes halogenated alkanes) is 1. The van der Waals surface area contributed by atoms with Crippen molar-refractivity contribution < 1.29 is 14.3 Å². The number of hydrogen-bond donors (Lipinski definition) is 1. The van der Waals surface area contributed by atoms with Crippen molar-refractivity contribution in [3.05, 3.63) is 24.3 Å². The van der Waals surface area contributed by atoms with E-state index < -0.39 is 0 Å². The van der Waals surface area contributed by atoms with E-state index in [1.807, 2.05) is 24.3 Å². The Morgan fingerprint density at radius 3 is 2.53 bits per heavy atom. The van der Waals surface area contributed by atoms with Gasteiger partial charge in [-0.05, 0) is 30.7 Å². The quantitative estimate of drug-likeness (QED) is 0.474. The molecule has 5 heteroatoms. The molecule has 0 bridgehead atoms. The van der Waals surface area contributed by atoms with Crippen LogP contribution in [0.2, 0.25) is 0 Å². The standard InChI is InChI=1S/C14H19NO3S/c1-3-4-9-18-14(17)10-19-13-7-5-12(6-8-13)15-11(2)16/h5-8H,3-4,9-10H2,1-2H3,(H,15,16). The highest BCUT2D eigenvalue weighted by molar-refractivity contribution is 8.00. The number of carbonyl (C=O) groups is 2. The third kappa shape index (κ3) is 6.86. The van der Waals surface area contributed by atoms with Crippen molar-refractivity contribution in [3.8, 4) is 0 Å². The number of esters is 1. The fourth-order valence-corrected chi connectivity index (χ4v) is 2.05. The van der Waals surface area contributed by atoms with Crippen molar-refractivity contribution in [2.45, 2.75) is 31.6 Å². The van der Waals surface area contributed by atoms with Crippen molar-refractivity contribution >= 4 is 29.3 Å². The van der Waals surface area contributed by atoms with Gasteiger partial charge in [-0.15, -0.1) is 11.8 Å². The second-order valence-electron chi connectivity index (χ2n) is 4.07. The average molecular weight is 281 g/mol. The summed E-state index contributed by atoms with van der Waals surface area (Å²) in [5.74, 6) is 0.0210. The van der Waals surface area contributed by atoms with E-state index in [2.05, 4.69) is 12.2 Å². The fraction of sp³-hybridized carbons (Fsp3) is 0.429. The molecule has 0 saturated carbocycles. The van der Waals surface area contributed by atoms with E-state index in [0.717, 1.165) is 23.4 Å². The number of carbonyl (C=O) groups excluding carboxylic acids is 2. The highest BCUT2D eigenvalue weighted by Crippen LogP contribution is 2.20. The summed E-state index contributed by atoms with van der Waals surface area (Å²) in [4.78, 5) is 23.2. The molecule has 0 aliphatic carbocycles. The first-order valence-corrected chi connectivity index (χ1v) is 7.26. The van der Waals surface area contributed by atoms with Crippen LogP contribution in [-0.4, -0.2) is 24.2 Å². The number of amides is 1. The molecule has 19 heavy (non-hydrogen) atoms. The molecule has 1 aromatic rings. The number of benzene rings is 1. The summed E-state index contributed by atoms with van der Waals surface area (Å²) in [6.07, 6.45) is 1.92. The molecule has 0 heterocycles. The Morgan fingerprint density at radius 1 is 1.26 bits per heavy atom. The largest absolute Gasteiger partial charge is 0.465 e. The van der Waals surface area contributed by atoms with Crippen molar-refractivity contribution in [2.24, 2.45) is 0 Å². The maximum Gasteiger partial charge on any atom is 0.316 e. The number of ether oxygens (including phenoxy) is 1. The van der Waals surface area contributed by atoms with Gasteiger partial charge in [0, 0.05) is 17.5 Å². The minimum atomic E-state index is -0.190. The normalized spacial score (nSPS) is 10.0. The Hall–Kier alpha value is -1.49. The maximum absolute atomic E-state index is 11.4. The molecule has 0 aliphatic rings. The number of nitrogens with one attached hydrogen (secondary N) is 1. The van der Waals surface area contributed by atoms with Gasteiger partial charge in [-0.3, -0.25) is 9.59 Å². The molecule has 0 atom stereocenters. The molecule has 0 unspecified atom stereocenters. The average Bonchev–Trinajstić information content (AvgIpc) is 2.37. The third-order valence-corrected chi connectivity index (χ3v) is 3.28. The SMILES string of the molecule is CCCCOC(=O)CSc1ccc(NC(C)=O)cc1. The molecule has 1 aromatic carbocycles. The van der Waals surface area contributed by atoms with Crippen LogP contribution in [0.4, 0.5) is 5.69 Å². The van der Waals surface area contributed by atoms with Crippen LogP contribution in [0.5, 0.6) is 0 Å².